The van der Waals surface area contributed by atoms with Crippen molar-refractivity contribution >= 4 is 5.91 Å². The van der Waals surface area contributed by atoms with Crippen LogP contribution in [0.2, 0.25) is 0 Å². The van der Waals surface area contributed by atoms with Gasteiger partial charge in [0.1, 0.15) is 5.69 Å². The van der Waals surface area contributed by atoms with Crippen LogP contribution in [0.5, 0.6) is 0 Å². The number of carbonyl (C=O) groups is 1. The Morgan fingerprint density at radius 2 is 1.88 bits per heavy atom. The summed E-state index contributed by atoms with van der Waals surface area (Å²) in [6, 6.07) is 5.44. The fraction of sp³-hybridized carbons (Fsp3) is 0.571. The molecule has 1 rings (SSSR count). The van der Waals surface area contributed by atoms with Crippen LogP contribution in [0.25, 0.3) is 0 Å². The molecule has 1 aromatic heterocycles. The average molecular weight is 236 g/mol. The SMILES string of the molecule is CC.CC(NC(=O)c1ccccn1)C(C)(C)C. The van der Waals surface area contributed by atoms with Crippen LogP contribution >= 0.6 is 0 Å². The van der Waals surface area contributed by atoms with Gasteiger partial charge in [-0.15, -0.1) is 0 Å². The van der Waals surface area contributed by atoms with E-state index in [2.05, 4.69) is 31.1 Å². The monoisotopic (exact) mass is 236 g/mol. The summed E-state index contributed by atoms with van der Waals surface area (Å²) >= 11 is 0. The molecule has 3 nitrogen and oxygen atoms in total. The highest BCUT2D eigenvalue weighted by molar-refractivity contribution is 5.92. The van der Waals surface area contributed by atoms with Crippen molar-refractivity contribution in [3.63, 3.8) is 0 Å². The van der Waals surface area contributed by atoms with Crippen molar-refractivity contribution in [2.45, 2.75) is 47.6 Å². The molecule has 0 bridgehead atoms. The van der Waals surface area contributed by atoms with E-state index in [1.54, 1.807) is 18.3 Å². The van der Waals surface area contributed by atoms with E-state index < -0.39 is 0 Å². The predicted octanol–water partition coefficient (Wildman–Crippen LogP) is 3.27. The minimum Gasteiger partial charge on any atom is -0.348 e. The van der Waals surface area contributed by atoms with Gasteiger partial charge in [0, 0.05) is 12.2 Å². The molecule has 1 N–H and O–H groups in total. The van der Waals surface area contributed by atoms with Crippen molar-refractivity contribution in [3.8, 4) is 0 Å². The molecule has 0 saturated carbocycles. The highest BCUT2D eigenvalue weighted by atomic mass is 16.1. The lowest BCUT2D eigenvalue weighted by atomic mass is 9.88. The lowest BCUT2D eigenvalue weighted by Gasteiger charge is -2.27. The predicted molar refractivity (Wildman–Crippen MR) is 72.0 cm³/mol. The summed E-state index contributed by atoms with van der Waals surface area (Å²) in [7, 11) is 0. The third-order valence-corrected chi connectivity index (χ3v) is 2.54. The Labute approximate surface area is 105 Å². The molecule has 0 spiro atoms. The van der Waals surface area contributed by atoms with E-state index in [0.29, 0.717) is 5.69 Å². The zero-order valence-electron chi connectivity index (χ0n) is 11.7. The van der Waals surface area contributed by atoms with Crippen LogP contribution in [0.15, 0.2) is 24.4 Å². The third-order valence-electron chi connectivity index (χ3n) is 2.54. The first-order chi connectivity index (χ1) is 7.91. The molecule has 1 unspecified atom stereocenters. The second-order valence-corrected chi connectivity index (χ2v) is 4.78. The number of hydrogen-bond donors (Lipinski definition) is 1. The smallest absolute Gasteiger partial charge is 0.270 e. The summed E-state index contributed by atoms with van der Waals surface area (Å²) < 4.78 is 0. The van der Waals surface area contributed by atoms with E-state index >= 15 is 0 Å². The summed E-state index contributed by atoms with van der Waals surface area (Å²) in [5, 5.41) is 2.93. The van der Waals surface area contributed by atoms with Crippen LogP contribution < -0.4 is 5.32 Å². The molecule has 0 saturated heterocycles. The molecule has 3 heteroatoms. The molecule has 0 aromatic carbocycles. The molecule has 1 atom stereocenters. The van der Waals surface area contributed by atoms with Gasteiger partial charge in [0.25, 0.3) is 5.91 Å². The molecule has 1 aromatic rings. The number of hydrogen-bond acceptors (Lipinski definition) is 2. The maximum absolute atomic E-state index is 11.7. The summed E-state index contributed by atoms with van der Waals surface area (Å²) in [5.74, 6) is -0.113. The number of carbonyl (C=O) groups excluding carboxylic acids is 1. The second-order valence-electron chi connectivity index (χ2n) is 4.78. The van der Waals surface area contributed by atoms with Crippen LogP contribution in [0, 0.1) is 5.41 Å². The van der Waals surface area contributed by atoms with Gasteiger partial charge in [0.2, 0.25) is 0 Å². The van der Waals surface area contributed by atoms with Crippen LogP contribution in [0.1, 0.15) is 52.0 Å². The lowest BCUT2D eigenvalue weighted by molar-refractivity contribution is 0.0905. The molecule has 0 aliphatic carbocycles. The Bertz CT molecular complexity index is 328. The van der Waals surface area contributed by atoms with E-state index in [-0.39, 0.29) is 17.4 Å². The van der Waals surface area contributed by atoms with E-state index in [1.165, 1.54) is 0 Å². The first kappa shape index (κ1) is 15.6. The topological polar surface area (TPSA) is 42.0 Å². The maximum Gasteiger partial charge on any atom is 0.270 e. The van der Waals surface area contributed by atoms with Gasteiger partial charge < -0.3 is 5.32 Å². The first-order valence-corrected chi connectivity index (χ1v) is 6.13. The zero-order valence-corrected chi connectivity index (χ0v) is 11.7. The van der Waals surface area contributed by atoms with Crippen molar-refractivity contribution < 1.29 is 4.79 Å². The van der Waals surface area contributed by atoms with Gasteiger partial charge in [0.15, 0.2) is 0 Å². The number of rotatable bonds is 2. The number of nitrogens with zero attached hydrogens (tertiary/aromatic N) is 1. The molecular formula is C14H24N2O. The van der Waals surface area contributed by atoms with E-state index in [4.69, 9.17) is 0 Å². The highest BCUT2D eigenvalue weighted by Gasteiger charge is 2.22. The Morgan fingerprint density at radius 1 is 1.29 bits per heavy atom. The molecule has 0 aliphatic rings. The van der Waals surface area contributed by atoms with E-state index in [1.807, 2.05) is 26.8 Å². The third kappa shape index (κ3) is 5.48. The van der Waals surface area contributed by atoms with Gasteiger partial charge in [-0.25, -0.2) is 0 Å². The minimum absolute atomic E-state index is 0.0600. The standard InChI is InChI=1S/C12H18N2O.C2H6/c1-9(12(2,3)4)14-11(15)10-7-5-6-8-13-10;1-2/h5-9H,1-4H3,(H,14,15);1-2H3. The Balaban J connectivity index is 0.00000121. The van der Waals surface area contributed by atoms with Crippen LogP contribution in [0.3, 0.4) is 0 Å². The number of aromatic nitrogens is 1. The normalized spacial score (nSPS) is 12.1. The molecule has 0 aliphatic heterocycles. The summed E-state index contributed by atoms with van der Waals surface area (Å²) in [6.07, 6.45) is 1.62. The van der Waals surface area contributed by atoms with Crippen molar-refractivity contribution in [2.24, 2.45) is 5.41 Å². The Kier molecular flexibility index (Phi) is 6.47. The number of nitrogens with one attached hydrogen (secondary N) is 1. The van der Waals surface area contributed by atoms with Gasteiger partial charge in [-0.2, -0.15) is 0 Å². The van der Waals surface area contributed by atoms with Gasteiger partial charge in [-0.05, 0) is 24.5 Å². The number of amides is 1. The maximum atomic E-state index is 11.7. The summed E-state index contributed by atoms with van der Waals surface area (Å²) in [5.41, 5.74) is 0.526. The van der Waals surface area contributed by atoms with Crippen molar-refractivity contribution in [3.05, 3.63) is 30.1 Å². The summed E-state index contributed by atoms with van der Waals surface area (Å²) in [4.78, 5) is 15.7. The van der Waals surface area contributed by atoms with Crippen molar-refractivity contribution in [1.82, 2.24) is 10.3 Å². The average Bonchev–Trinajstić information content (AvgIpc) is 2.31. The highest BCUT2D eigenvalue weighted by Crippen LogP contribution is 2.18. The molecule has 1 amide bonds. The largest absolute Gasteiger partial charge is 0.348 e. The molecule has 17 heavy (non-hydrogen) atoms. The molecule has 0 radical (unpaired) electrons. The fourth-order valence-corrected chi connectivity index (χ4v) is 0.984. The van der Waals surface area contributed by atoms with Crippen LogP contribution in [-0.4, -0.2) is 16.9 Å². The molecular weight excluding hydrogens is 212 g/mol. The Hall–Kier alpha value is -1.38. The second kappa shape index (κ2) is 7.05. The van der Waals surface area contributed by atoms with Crippen molar-refractivity contribution in [2.75, 3.05) is 0 Å². The first-order valence-electron chi connectivity index (χ1n) is 6.13. The molecule has 0 fully saturated rings. The van der Waals surface area contributed by atoms with Gasteiger partial charge in [-0.1, -0.05) is 40.7 Å². The lowest BCUT2D eigenvalue weighted by Crippen LogP contribution is -2.41. The zero-order chi connectivity index (χ0) is 13.5. The number of pyridine rings is 1. The van der Waals surface area contributed by atoms with Crippen molar-refractivity contribution in [1.29, 1.82) is 0 Å². The Morgan fingerprint density at radius 3 is 2.29 bits per heavy atom. The van der Waals surface area contributed by atoms with Crippen LogP contribution in [-0.2, 0) is 0 Å². The van der Waals surface area contributed by atoms with Gasteiger partial charge in [-0.3, -0.25) is 9.78 Å². The molecule has 96 valence electrons. The van der Waals surface area contributed by atoms with E-state index in [0.717, 1.165) is 0 Å². The van der Waals surface area contributed by atoms with Gasteiger partial charge in [0.05, 0.1) is 0 Å². The van der Waals surface area contributed by atoms with Gasteiger partial charge >= 0.3 is 0 Å². The van der Waals surface area contributed by atoms with Crippen LogP contribution in [0.4, 0.5) is 0 Å². The summed E-state index contributed by atoms with van der Waals surface area (Å²) in [6.45, 7) is 12.3. The quantitative estimate of drug-likeness (QED) is 0.856. The van der Waals surface area contributed by atoms with E-state index in [9.17, 15) is 4.79 Å². The fourth-order valence-electron chi connectivity index (χ4n) is 0.984. The minimum atomic E-state index is -0.113. The molecule has 1 heterocycles.